The molecule has 1 amide bonds. The van der Waals surface area contributed by atoms with E-state index >= 15 is 0 Å². The molecule has 1 aromatic rings. The van der Waals surface area contributed by atoms with Gasteiger partial charge in [-0.15, -0.1) is 0 Å². The highest BCUT2D eigenvalue weighted by Crippen LogP contribution is 2.39. The molecule has 0 fully saturated rings. The van der Waals surface area contributed by atoms with Crippen LogP contribution in [0.15, 0.2) is 17.1 Å². The summed E-state index contributed by atoms with van der Waals surface area (Å²) >= 11 is 0. The van der Waals surface area contributed by atoms with E-state index in [-0.39, 0.29) is 25.6 Å². The first kappa shape index (κ1) is 20.5. The molecule has 8 nitrogen and oxygen atoms in total. The lowest BCUT2D eigenvalue weighted by Crippen LogP contribution is -2.46. The quantitative estimate of drug-likeness (QED) is 0.463. The standard InChI is InChI=1S/C17H24F2N4O4/c1-4-21-16(23-8-17(2,3)14(20)24)22-7-10-5-12-13(26-9-25-12)6-11(10)27-15(18)19/h5-6,15H,4,7-9H2,1-3H3,(H2,20,24)(H2,21,22,23). The molecule has 2 rings (SSSR count). The molecule has 0 bridgehead atoms. The van der Waals surface area contributed by atoms with E-state index in [0.29, 0.717) is 29.6 Å². The number of aliphatic imine (C=N–C) groups is 1. The molecule has 4 N–H and O–H groups in total. The number of carbonyl (C=O) groups is 1. The summed E-state index contributed by atoms with van der Waals surface area (Å²) in [6, 6.07) is 2.91. The van der Waals surface area contributed by atoms with Crippen LogP contribution in [0, 0.1) is 5.41 Å². The monoisotopic (exact) mass is 386 g/mol. The van der Waals surface area contributed by atoms with E-state index in [1.807, 2.05) is 6.92 Å². The minimum absolute atomic E-state index is 0.0164. The summed E-state index contributed by atoms with van der Waals surface area (Å²) in [5.41, 5.74) is 4.99. The number of ether oxygens (including phenoxy) is 3. The number of primary amides is 1. The minimum Gasteiger partial charge on any atom is -0.454 e. The Labute approximate surface area is 156 Å². The van der Waals surface area contributed by atoms with E-state index in [0.717, 1.165) is 0 Å². The highest BCUT2D eigenvalue weighted by molar-refractivity contribution is 5.83. The van der Waals surface area contributed by atoms with Crippen LogP contribution in [0.5, 0.6) is 17.2 Å². The van der Waals surface area contributed by atoms with Crippen molar-refractivity contribution in [3.05, 3.63) is 17.7 Å². The number of nitrogens with two attached hydrogens (primary N) is 1. The summed E-state index contributed by atoms with van der Waals surface area (Å²) in [5, 5.41) is 6.04. The molecule has 1 aromatic carbocycles. The second-order valence-electron chi connectivity index (χ2n) is 6.49. The van der Waals surface area contributed by atoms with Gasteiger partial charge in [-0.1, -0.05) is 0 Å². The average molecular weight is 386 g/mol. The lowest BCUT2D eigenvalue weighted by molar-refractivity contribution is -0.125. The largest absolute Gasteiger partial charge is 0.454 e. The van der Waals surface area contributed by atoms with E-state index in [9.17, 15) is 13.6 Å². The summed E-state index contributed by atoms with van der Waals surface area (Å²) < 4.78 is 40.4. The number of hydrogen-bond donors (Lipinski definition) is 3. The van der Waals surface area contributed by atoms with Crippen LogP contribution in [0.4, 0.5) is 8.78 Å². The number of alkyl halides is 2. The Balaban J connectivity index is 2.17. The van der Waals surface area contributed by atoms with Gasteiger partial charge in [0, 0.05) is 24.7 Å². The molecule has 1 heterocycles. The Morgan fingerprint density at radius 2 is 2.00 bits per heavy atom. The SMILES string of the molecule is CCNC(=NCc1cc2c(cc1OC(F)F)OCO2)NCC(C)(C)C(N)=O. The minimum atomic E-state index is -2.98. The van der Waals surface area contributed by atoms with Crippen LogP contribution in [0.3, 0.4) is 0 Å². The summed E-state index contributed by atoms with van der Waals surface area (Å²) in [7, 11) is 0. The van der Waals surface area contributed by atoms with E-state index < -0.39 is 17.9 Å². The van der Waals surface area contributed by atoms with E-state index in [2.05, 4.69) is 20.4 Å². The van der Waals surface area contributed by atoms with Gasteiger partial charge in [0.2, 0.25) is 12.7 Å². The molecule has 0 aromatic heterocycles. The fraction of sp³-hybridized carbons (Fsp3) is 0.529. The van der Waals surface area contributed by atoms with Crippen molar-refractivity contribution >= 4 is 11.9 Å². The van der Waals surface area contributed by atoms with Crippen LogP contribution in [0.1, 0.15) is 26.3 Å². The molecule has 0 saturated carbocycles. The van der Waals surface area contributed by atoms with E-state index in [1.54, 1.807) is 19.9 Å². The third-order valence-electron chi connectivity index (χ3n) is 3.89. The number of carbonyl (C=O) groups excluding carboxylic acids is 1. The van der Waals surface area contributed by atoms with Gasteiger partial charge in [-0.05, 0) is 26.8 Å². The molecule has 0 spiro atoms. The van der Waals surface area contributed by atoms with Crippen molar-refractivity contribution in [2.75, 3.05) is 19.9 Å². The van der Waals surface area contributed by atoms with Gasteiger partial charge in [0.1, 0.15) is 5.75 Å². The molecule has 150 valence electrons. The first-order valence-electron chi connectivity index (χ1n) is 8.42. The van der Waals surface area contributed by atoms with Gasteiger partial charge in [0.05, 0.1) is 12.0 Å². The molecule has 0 aliphatic carbocycles. The zero-order valence-electron chi connectivity index (χ0n) is 15.5. The number of guanidine groups is 1. The van der Waals surface area contributed by atoms with Crippen LogP contribution in [-0.4, -0.2) is 38.4 Å². The summed E-state index contributed by atoms with van der Waals surface area (Å²) in [6.07, 6.45) is 0. The van der Waals surface area contributed by atoms with Crippen molar-refractivity contribution in [1.82, 2.24) is 10.6 Å². The van der Waals surface area contributed by atoms with Gasteiger partial charge in [-0.2, -0.15) is 8.78 Å². The van der Waals surface area contributed by atoms with Crippen LogP contribution < -0.4 is 30.6 Å². The van der Waals surface area contributed by atoms with Crippen molar-refractivity contribution in [2.45, 2.75) is 33.9 Å². The number of hydrogen-bond acceptors (Lipinski definition) is 5. The lowest BCUT2D eigenvalue weighted by atomic mass is 9.93. The second kappa shape index (κ2) is 8.74. The van der Waals surface area contributed by atoms with Crippen molar-refractivity contribution < 1.29 is 27.8 Å². The lowest BCUT2D eigenvalue weighted by Gasteiger charge is -2.22. The fourth-order valence-corrected chi connectivity index (χ4v) is 2.19. The van der Waals surface area contributed by atoms with Crippen molar-refractivity contribution in [1.29, 1.82) is 0 Å². The Kier molecular flexibility index (Phi) is 6.65. The smallest absolute Gasteiger partial charge is 0.387 e. The van der Waals surface area contributed by atoms with Crippen molar-refractivity contribution in [3.63, 3.8) is 0 Å². The number of nitrogens with zero attached hydrogens (tertiary/aromatic N) is 1. The Morgan fingerprint density at radius 3 is 2.59 bits per heavy atom. The van der Waals surface area contributed by atoms with Crippen molar-refractivity contribution in [2.24, 2.45) is 16.1 Å². The maximum Gasteiger partial charge on any atom is 0.387 e. The first-order chi connectivity index (χ1) is 12.7. The summed E-state index contributed by atoms with van der Waals surface area (Å²) in [4.78, 5) is 15.8. The van der Waals surface area contributed by atoms with Crippen LogP contribution >= 0.6 is 0 Å². The summed E-state index contributed by atoms with van der Waals surface area (Å²) in [6.45, 7) is 3.21. The first-order valence-corrected chi connectivity index (χ1v) is 8.42. The molecule has 0 unspecified atom stereocenters. The van der Waals surface area contributed by atoms with Crippen molar-refractivity contribution in [3.8, 4) is 17.2 Å². The Morgan fingerprint density at radius 1 is 1.33 bits per heavy atom. The van der Waals surface area contributed by atoms with Crippen LogP contribution in [0.25, 0.3) is 0 Å². The number of amides is 1. The molecular formula is C17H24F2N4O4. The summed E-state index contributed by atoms with van der Waals surface area (Å²) in [5.74, 6) is 0.703. The van der Waals surface area contributed by atoms with Gasteiger partial charge >= 0.3 is 6.61 Å². The number of benzene rings is 1. The molecular weight excluding hydrogens is 362 g/mol. The number of nitrogens with one attached hydrogen (secondary N) is 2. The van der Waals surface area contributed by atoms with Crippen LogP contribution in [-0.2, 0) is 11.3 Å². The Hall–Kier alpha value is -2.78. The highest BCUT2D eigenvalue weighted by Gasteiger charge is 2.25. The van der Waals surface area contributed by atoms with Gasteiger partial charge in [0.15, 0.2) is 17.5 Å². The third-order valence-corrected chi connectivity index (χ3v) is 3.89. The zero-order chi connectivity index (χ0) is 20.0. The molecule has 0 atom stereocenters. The molecule has 27 heavy (non-hydrogen) atoms. The normalized spacial score (nSPS) is 13.6. The van der Waals surface area contributed by atoms with Gasteiger partial charge in [-0.3, -0.25) is 4.79 Å². The topological polar surface area (TPSA) is 107 Å². The van der Waals surface area contributed by atoms with E-state index in [4.69, 9.17) is 15.2 Å². The zero-order valence-corrected chi connectivity index (χ0v) is 15.5. The van der Waals surface area contributed by atoms with Crippen LogP contribution in [0.2, 0.25) is 0 Å². The maximum atomic E-state index is 12.7. The molecule has 10 heteroatoms. The molecule has 0 saturated heterocycles. The van der Waals surface area contributed by atoms with Gasteiger partial charge in [-0.25, -0.2) is 4.99 Å². The van der Waals surface area contributed by atoms with E-state index in [1.165, 1.54) is 6.07 Å². The fourth-order valence-electron chi connectivity index (χ4n) is 2.19. The average Bonchev–Trinajstić information content (AvgIpc) is 3.03. The molecule has 0 radical (unpaired) electrons. The number of halogens is 2. The predicted octanol–water partition coefficient (Wildman–Crippen LogP) is 1.58. The number of rotatable bonds is 8. The van der Waals surface area contributed by atoms with Gasteiger partial charge in [0.25, 0.3) is 0 Å². The molecule has 1 aliphatic heterocycles. The molecule has 1 aliphatic rings. The highest BCUT2D eigenvalue weighted by atomic mass is 19.3. The number of fused-ring (bicyclic) bond motifs is 1. The maximum absolute atomic E-state index is 12.7. The third kappa shape index (κ3) is 5.60. The second-order valence-corrected chi connectivity index (χ2v) is 6.49. The van der Waals surface area contributed by atoms with Gasteiger partial charge < -0.3 is 30.6 Å². The predicted molar refractivity (Wildman–Crippen MR) is 95.0 cm³/mol. The Bertz CT molecular complexity index is 710.